The Morgan fingerprint density at radius 1 is 0.977 bits per heavy atom. The molecule has 1 aliphatic heterocycles. The number of aromatic nitrogens is 5. The predicted octanol–water partition coefficient (Wildman–Crippen LogP) is 6.64. The van der Waals surface area contributed by atoms with Gasteiger partial charge < -0.3 is 20.2 Å². The minimum absolute atomic E-state index is 0.0539. The lowest BCUT2D eigenvalue weighted by molar-refractivity contribution is 0.00520. The fourth-order valence-corrected chi connectivity index (χ4v) is 6.80. The highest BCUT2D eigenvalue weighted by Crippen LogP contribution is 2.38. The Balaban J connectivity index is 1.14. The van der Waals surface area contributed by atoms with E-state index in [2.05, 4.69) is 76.8 Å². The van der Waals surface area contributed by atoms with Gasteiger partial charge in [0.2, 0.25) is 0 Å². The first kappa shape index (κ1) is 28.7. The lowest BCUT2D eigenvalue weighted by Crippen LogP contribution is -2.45. The average Bonchev–Trinajstić information content (AvgIpc) is 3.63. The zero-order chi connectivity index (χ0) is 30.4. The minimum atomic E-state index is -0.0539. The van der Waals surface area contributed by atoms with Gasteiger partial charge in [-0.2, -0.15) is 10.1 Å². The number of nitrogen functional groups attached to an aromatic ring is 1. The van der Waals surface area contributed by atoms with E-state index in [0.717, 1.165) is 97.5 Å². The summed E-state index contributed by atoms with van der Waals surface area (Å²) in [4.78, 5) is 16.3. The number of oxazole rings is 1. The molecule has 0 unspecified atom stereocenters. The van der Waals surface area contributed by atoms with E-state index in [0.29, 0.717) is 17.9 Å². The zero-order valence-corrected chi connectivity index (χ0v) is 26.1. The molecule has 7 rings (SSSR count). The third kappa shape index (κ3) is 5.41. The number of nitrogens with two attached hydrogens (primary N) is 1. The Morgan fingerprint density at radius 2 is 1.70 bits per heavy atom. The largest absolute Gasteiger partial charge is 0.423 e. The maximum absolute atomic E-state index is 6.43. The summed E-state index contributed by atoms with van der Waals surface area (Å²) in [5.74, 6) is 0.452. The maximum atomic E-state index is 6.43. The number of nitrogens with one attached hydrogen (secondary N) is 1. The highest BCUT2D eigenvalue weighted by atomic mass is 16.5. The van der Waals surface area contributed by atoms with Gasteiger partial charge in [-0.15, -0.1) is 0 Å². The molecule has 2 aliphatic rings. The first-order chi connectivity index (χ1) is 21.3. The SMILES string of the molecule is CCc1cc(C(C)(C)C)c2oc(Nc3ccc(-c4nn(C5CCC(N6CCOCC6)CC5)c5ncnc(N)c45)cc3)nc2c1. The molecule has 0 amide bonds. The van der Waals surface area contributed by atoms with E-state index in [1.54, 1.807) is 6.33 Å². The van der Waals surface area contributed by atoms with E-state index in [-0.39, 0.29) is 11.5 Å². The van der Waals surface area contributed by atoms with Gasteiger partial charge in [-0.3, -0.25) is 4.90 Å². The van der Waals surface area contributed by atoms with E-state index >= 15 is 0 Å². The van der Waals surface area contributed by atoms with E-state index in [1.165, 1.54) is 11.1 Å². The molecule has 5 aromatic rings. The molecule has 0 spiro atoms. The Kier molecular flexibility index (Phi) is 7.50. The molecule has 4 heterocycles. The Hall–Kier alpha value is -4.02. The number of nitrogens with zero attached hydrogens (tertiary/aromatic N) is 6. The Morgan fingerprint density at radius 3 is 2.41 bits per heavy atom. The van der Waals surface area contributed by atoms with Crippen LogP contribution in [0.5, 0.6) is 0 Å². The third-order valence-corrected chi connectivity index (χ3v) is 9.27. The van der Waals surface area contributed by atoms with E-state index in [4.69, 9.17) is 25.0 Å². The first-order valence-electron chi connectivity index (χ1n) is 15.9. The third-order valence-electron chi connectivity index (χ3n) is 9.27. The number of anilines is 3. The molecule has 3 N–H and O–H groups in total. The topological polar surface area (TPSA) is 120 Å². The van der Waals surface area contributed by atoms with Crippen molar-refractivity contribution < 1.29 is 9.15 Å². The molecule has 10 heteroatoms. The lowest BCUT2D eigenvalue weighted by Gasteiger charge is -2.38. The molecule has 1 saturated heterocycles. The molecule has 44 heavy (non-hydrogen) atoms. The van der Waals surface area contributed by atoms with Crippen LogP contribution < -0.4 is 11.1 Å². The molecule has 2 fully saturated rings. The van der Waals surface area contributed by atoms with Crippen molar-refractivity contribution in [1.29, 1.82) is 0 Å². The van der Waals surface area contributed by atoms with E-state index < -0.39 is 0 Å². The molecule has 230 valence electrons. The van der Waals surface area contributed by atoms with Crippen LogP contribution in [0, 0.1) is 0 Å². The molecule has 2 aromatic carbocycles. The van der Waals surface area contributed by atoms with Crippen LogP contribution in [0.25, 0.3) is 33.4 Å². The fourth-order valence-electron chi connectivity index (χ4n) is 6.80. The van der Waals surface area contributed by atoms with E-state index in [1.807, 2.05) is 12.1 Å². The first-order valence-corrected chi connectivity index (χ1v) is 15.9. The van der Waals surface area contributed by atoms with Crippen LogP contribution in [0.3, 0.4) is 0 Å². The van der Waals surface area contributed by atoms with Crippen molar-refractivity contribution in [2.75, 3.05) is 37.4 Å². The predicted molar refractivity (Wildman–Crippen MR) is 174 cm³/mol. The van der Waals surface area contributed by atoms with E-state index in [9.17, 15) is 0 Å². The summed E-state index contributed by atoms with van der Waals surface area (Å²) in [5, 5.41) is 9.29. The molecular weight excluding hydrogens is 552 g/mol. The summed E-state index contributed by atoms with van der Waals surface area (Å²) in [5.41, 5.74) is 14.0. The quantitative estimate of drug-likeness (QED) is 0.223. The second-order valence-electron chi connectivity index (χ2n) is 13.2. The number of aryl methyl sites for hydroxylation is 1. The highest BCUT2D eigenvalue weighted by Gasteiger charge is 2.30. The van der Waals surface area contributed by atoms with Crippen LogP contribution in [0.2, 0.25) is 0 Å². The number of rotatable bonds is 6. The molecule has 0 radical (unpaired) electrons. The molecule has 3 aromatic heterocycles. The fraction of sp³-hybridized carbons (Fsp3) is 0.471. The van der Waals surface area contributed by atoms with Crippen molar-refractivity contribution in [3.05, 3.63) is 53.9 Å². The Bertz CT molecular complexity index is 1770. The second-order valence-corrected chi connectivity index (χ2v) is 13.2. The van der Waals surface area contributed by atoms with Gasteiger partial charge in [0.15, 0.2) is 11.2 Å². The number of ether oxygens (including phenoxy) is 1. The van der Waals surface area contributed by atoms with Gasteiger partial charge in [0.1, 0.15) is 23.4 Å². The van der Waals surface area contributed by atoms with Crippen molar-refractivity contribution in [1.82, 2.24) is 29.6 Å². The van der Waals surface area contributed by atoms with Crippen LogP contribution in [-0.2, 0) is 16.6 Å². The van der Waals surface area contributed by atoms with Gasteiger partial charge in [-0.1, -0.05) is 45.9 Å². The zero-order valence-electron chi connectivity index (χ0n) is 26.1. The maximum Gasteiger partial charge on any atom is 0.300 e. The van der Waals surface area contributed by atoms with Crippen LogP contribution in [0.1, 0.15) is 70.5 Å². The van der Waals surface area contributed by atoms with Crippen molar-refractivity contribution in [2.24, 2.45) is 0 Å². The van der Waals surface area contributed by atoms with Crippen molar-refractivity contribution in [3.63, 3.8) is 0 Å². The van der Waals surface area contributed by atoms with Crippen molar-refractivity contribution in [2.45, 2.75) is 77.3 Å². The normalized spacial score (nSPS) is 20.0. The average molecular weight is 595 g/mol. The number of hydrogen-bond acceptors (Lipinski definition) is 9. The van der Waals surface area contributed by atoms with Crippen LogP contribution in [0.15, 0.2) is 47.1 Å². The summed E-state index contributed by atoms with van der Waals surface area (Å²) in [6, 6.07) is 13.9. The van der Waals surface area contributed by atoms with Gasteiger partial charge in [-0.05, 0) is 61.3 Å². The monoisotopic (exact) mass is 594 g/mol. The summed E-state index contributed by atoms with van der Waals surface area (Å²) in [6.45, 7) is 12.5. The van der Waals surface area contributed by atoms with Gasteiger partial charge in [-0.25, -0.2) is 14.6 Å². The highest BCUT2D eigenvalue weighted by molar-refractivity contribution is 5.98. The standard InChI is InChI=1S/C34H42N8O2/c1-5-21-18-26(34(2,3)4)30-27(19-21)39-33(44-30)38-23-8-6-22(7-9-23)29-28-31(35)36-20-37-32(28)42(40-29)25-12-10-24(11-13-25)41-14-16-43-17-15-41/h6-9,18-20,24-25H,5,10-17H2,1-4H3,(H,38,39)(H2,35,36,37). The molecule has 1 aliphatic carbocycles. The summed E-state index contributed by atoms with van der Waals surface area (Å²) in [7, 11) is 0. The molecule has 0 bridgehead atoms. The second kappa shape index (κ2) is 11.5. The number of benzene rings is 2. The number of morpholine rings is 1. The summed E-state index contributed by atoms with van der Waals surface area (Å²) in [6.07, 6.45) is 6.91. The summed E-state index contributed by atoms with van der Waals surface area (Å²) >= 11 is 0. The molecule has 10 nitrogen and oxygen atoms in total. The molecular formula is C34H42N8O2. The summed E-state index contributed by atoms with van der Waals surface area (Å²) < 4.78 is 13.9. The molecule has 0 atom stereocenters. The Labute approximate surface area is 258 Å². The van der Waals surface area contributed by atoms with Crippen LogP contribution in [0.4, 0.5) is 17.5 Å². The smallest absolute Gasteiger partial charge is 0.300 e. The lowest BCUT2D eigenvalue weighted by atomic mass is 9.85. The molecule has 1 saturated carbocycles. The van der Waals surface area contributed by atoms with Crippen molar-refractivity contribution >= 4 is 39.7 Å². The van der Waals surface area contributed by atoms with Crippen LogP contribution in [-0.4, -0.2) is 62.0 Å². The van der Waals surface area contributed by atoms with Crippen LogP contribution >= 0.6 is 0 Å². The minimum Gasteiger partial charge on any atom is -0.423 e. The van der Waals surface area contributed by atoms with Gasteiger partial charge in [0.25, 0.3) is 6.01 Å². The van der Waals surface area contributed by atoms with Crippen molar-refractivity contribution in [3.8, 4) is 11.3 Å². The number of fused-ring (bicyclic) bond motifs is 2. The number of hydrogen-bond donors (Lipinski definition) is 2. The van der Waals surface area contributed by atoms with Gasteiger partial charge in [0.05, 0.1) is 24.6 Å². The van der Waals surface area contributed by atoms with Gasteiger partial charge in [0, 0.05) is 35.9 Å². The van der Waals surface area contributed by atoms with Gasteiger partial charge >= 0.3 is 0 Å².